The minimum absolute atomic E-state index is 0.0736. The van der Waals surface area contributed by atoms with Gasteiger partial charge in [-0.15, -0.1) is 0 Å². The summed E-state index contributed by atoms with van der Waals surface area (Å²) in [7, 11) is 0. The normalized spacial score (nSPS) is 16.0. The van der Waals surface area contributed by atoms with E-state index in [1.807, 2.05) is 0 Å². The van der Waals surface area contributed by atoms with Crippen molar-refractivity contribution in [2.45, 2.75) is 52.4 Å². The molecule has 1 aliphatic rings. The predicted octanol–water partition coefficient (Wildman–Crippen LogP) is 3.83. The summed E-state index contributed by atoms with van der Waals surface area (Å²) >= 11 is 0. The topological polar surface area (TPSA) is 61.4 Å². The van der Waals surface area contributed by atoms with Crippen molar-refractivity contribution in [2.24, 2.45) is 5.41 Å². The smallest absolute Gasteiger partial charge is 0.319 e. The lowest BCUT2D eigenvalue weighted by molar-refractivity contribution is 0.206. The standard InChI is InChI=1S/C18H28N2O2/c1-12(2)14-6-5-7-15(13(3)4)16(14)20-17(22)19-10-18(11-21)8-9-18/h5-7,12-13,21H,8-11H2,1-4H3,(H2,19,20,22). The number of rotatable bonds is 6. The number of amides is 2. The second-order valence-corrected chi connectivity index (χ2v) is 7.09. The summed E-state index contributed by atoms with van der Waals surface area (Å²) in [4.78, 5) is 12.2. The monoisotopic (exact) mass is 304 g/mol. The van der Waals surface area contributed by atoms with Gasteiger partial charge in [0.1, 0.15) is 0 Å². The third-order valence-corrected chi connectivity index (χ3v) is 4.53. The molecule has 0 radical (unpaired) electrons. The van der Waals surface area contributed by atoms with Gasteiger partial charge in [-0.1, -0.05) is 45.9 Å². The van der Waals surface area contributed by atoms with E-state index < -0.39 is 0 Å². The van der Waals surface area contributed by atoms with Gasteiger partial charge >= 0.3 is 6.03 Å². The van der Waals surface area contributed by atoms with E-state index in [9.17, 15) is 9.90 Å². The van der Waals surface area contributed by atoms with E-state index in [4.69, 9.17) is 0 Å². The minimum Gasteiger partial charge on any atom is -0.396 e. The Hall–Kier alpha value is -1.55. The molecule has 22 heavy (non-hydrogen) atoms. The number of carbonyl (C=O) groups is 1. The number of nitrogens with one attached hydrogen (secondary N) is 2. The van der Waals surface area contributed by atoms with Crippen LogP contribution in [0.1, 0.15) is 63.5 Å². The summed E-state index contributed by atoms with van der Waals surface area (Å²) in [5.41, 5.74) is 3.17. The molecule has 2 rings (SSSR count). The van der Waals surface area contributed by atoms with Crippen LogP contribution in [0.3, 0.4) is 0 Å². The Morgan fingerprint density at radius 1 is 1.18 bits per heavy atom. The quantitative estimate of drug-likeness (QED) is 0.748. The van der Waals surface area contributed by atoms with Crippen molar-refractivity contribution in [1.82, 2.24) is 5.32 Å². The van der Waals surface area contributed by atoms with Gasteiger partial charge < -0.3 is 15.7 Å². The van der Waals surface area contributed by atoms with E-state index in [-0.39, 0.29) is 18.1 Å². The maximum Gasteiger partial charge on any atom is 0.319 e. The lowest BCUT2D eigenvalue weighted by atomic mass is 9.93. The van der Waals surface area contributed by atoms with E-state index in [1.165, 1.54) is 0 Å². The van der Waals surface area contributed by atoms with Crippen molar-refractivity contribution >= 4 is 11.7 Å². The van der Waals surface area contributed by atoms with Gasteiger partial charge in [-0.05, 0) is 35.8 Å². The van der Waals surface area contributed by atoms with Crippen LogP contribution in [0.5, 0.6) is 0 Å². The molecule has 3 N–H and O–H groups in total. The number of benzene rings is 1. The van der Waals surface area contributed by atoms with Crippen LogP contribution in [0.25, 0.3) is 0 Å². The van der Waals surface area contributed by atoms with Crippen molar-refractivity contribution in [3.63, 3.8) is 0 Å². The Labute approximate surface area is 133 Å². The van der Waals surface area contributed by atoms with E-state index in [1.54, 1.807) is 0 Å². The molecule has 0 aliphatic heterocycles. The minimum atomic E-state index is -0.185. The van der Waals surface area contributed by atoms with Crippen molar-refractivity contribution in [3.8, 4) is 0 Å². The second-order valence-electron chi connectivity index (χ2n) is 7.09. The molecule has 1 aliphatic carbocycles. The molecule has 0 spiro atoms. The fourth-order valence-corrected chi connectivity index (χ4v) is 2.69. The first-order chi connectivity index (χ1) is 10.4. The molecule has 0 saturated heterocycles. The summed E-state index contributed by atoms with van der Waals surface area (Å²) in [5, 5.41) is 15.3. The van der Waals surface area contributed by atoms with Gasteiger partial charge in [-0.2, -0.15) is 0 Å². The number of hydrogen-bond acceptors (Lipinski definition) is 2. The SMILES string of the molecule is CC(C)c1cccc(C(C)C)c1NC(=O)NCC1(CO)CC1. The molecule has 0 aromatic heterocycles. The summed E-state index contributed by atoms with van der Waals surface area (Å²) in [5.74, 6) is 0.697. The van der Waals surface area contributed by atoms with Gasteiger partial charge in [0.25, 0.3) is 0 Å². The van der Waals surface area contributed by atoms with Crippen LogP contribution in [0.2, 0.25) is 0 Å². The molecule has 4 nitrogen and oxygen atoms in total. The van der Waals surface area contributed by atoms with Crippen molar-refractivity contribution in [3.05, 3.63) is 29.3 Å². The molecule has 122 valence electrons. The Kier molecular flexibility index (Phi) is 5.12. The van der Waals surface area contributed by atoms with Gasteiger partial charge in [-0.3, -0.25) is 0 Å². The molecule has 2 amide bonds. The van der Waals surface area contributed by atoms with Crippen LogP contribution in [-0.4, -0.2) is 24.3 Å². The number of aliphatic hydroxyl groups is 1. The van der Waals surface area contributed by atoms with E-state index in [0.29, 0.717) is 18.4 Å². The molecular weight excluding hydrogens is 276 g/mol. The Balaban J connectivity index is 2.11. The summed E-state index contributed by atoms with van der Waals surface area (Å²) < 4.78 is 0. The van der Waals surface area contributed by atoms with Crippen LogP contribution < -0.4 is 10.6 Å². The number of anilines is 1. The summed E-state index contributed by atoms with van der Waals surface area (Å²) in [6, 6.07) is 6.01. The highest BCUT2D eigenvalue weighted by atomic mass is 16.3. The fourth-order valence-electron chi connectivity index (χ4n) is 2.69. The van der Waals surface area contributed by atoms with E-state index >= 15 is 0 Å². The van der Waals surface area contributed by atoms with Crippen LogP contribution in [-0.2, 0) is 0 Å². The second kappa shape index (κ2) is 6.69. The zero-order valence-electron chi connectivity index (χ0n) is 14.1. The number of aliphatic hydroxyl groups excluding tert-OH is 1. The molecule has 0 heterocycles. The predicted molar refractivity (Wildman–Crippen MR) is 90.4 cm³/mol. The van der Waals surface area contributed by atoms with Gasteiger partial charge in [0.15, 0.2) is 0 Å². The third-order valence-electron chi connectivity index (χ3n) is 4.53. The lowest BCUT2D eigenvalue weighted by Gasteiger charge is -2.21. The maximum absolute atomic E-state index is 12.2. The lowest BCUT2D eigenvalue weighted by Crippen LogP contribution is -2.35. The number of para-hydroxylation sites is 1. The molecule has 1 fully saturated rings. The first-order valence-electron chi connectivity index (χ1n) is 8.17. The Morgan fingerprint density at radius 3 is 2.14 bits per heavy atom. The molecule has 1 aromatic carbocycles. The molecule has 0 bridgehead atoms. The van der Waals surface area contributed by atoms with E-state index in [2.05, 4.69) is 56.5 Å². The average Bonchev–Trinajstić information content (AvgIpc) is 3.25. The van der Waals surface area contributed by atoms with Crippen molar-refractivity contribution < 1.29 is 9.90 Å². The van der Waals surface area contributed by atoms with Gasteiger partial charge in [0.05, 0.1) is 6.61 Å². The Morgan fingerprint density at radius 2 is 1.73 bits per heavy atom. The maximum atomic E-state index is 12.2. The van der Waals surface area contributed by atoms with Crippen LogP contribution >= 0.6 is 0 Å². The first-order valence-corrected chi connectivity index (χ1v) is 8.17. The fraction of sp³-hybridized carbons (Fsp3) is 0.611. The van der Waals surface area contributed by atoms with Crippen LogP contribution in [0, 0.1) is 5.41 Å². The summed E-state index contributed by atoms with van der Waals surface area (Å²) in [6.07, 6.45) is 1.98. The zero-order chi connectivity index (χ0) is 16.3. The van der Waals surface area contributed by atoms with Crippen LogP contribution in [0.15, 0.2) is 18.2 Å². The van der Waals surface area contributed by atoms with E-state index in [0.717, 1.165) is 29.7 Å². The van der Waals surface area contributed by atoms with Crippen molar-refractivity contribution in [2.75, 3.05) is 18.5 Å². The Bertz CT molecular complexity index is 508. The van der Waals surface area contributed by atoms with Gasteiger partial charge in [0, 0.05) is 17.6 Å². The third kappa shape index (κ3) is 3.80. The van der Waals surface area contributed by atoms with Crippen molar-refractivity contribution in [1.29, 1.82) is 0 Å². The highest BCUT2D eigenvalue weighted by Gasteiger charge is 2.42. The molecule has 1 aromatic rings. The highest BCUT2D eigenvalue weighted by molar-refractivity contribution is 5.91. The van der Waals surface area contributed by atoms with Crippen LogP contribution in [0.4, 0.5) is 10.5 Å². The molecular formula is C18H28N2O2. The largest absolute Gasteiger partial charge is 0.396 e. The first kappa shape index (κ1) is 16.8. The van der Waals surface area contributed by atoms with Gasteiger partial charge in [0.2, 0.25) is 0 Å². The zero-order valence-corrected chi connectivity index (χ0v) is 14.1. The number of urea groups is 1. The highest BCUT2D eigenvalue weighted by Crippen LogP contribution is 2.44. The molecule has 4 heteroatoms. The number of carbonyl (C=O) groups excluding carboxylic acids is 1. The molecule has 0 unspecified atom stereocenters. The molecule has 0 atom stereocenters. The average molecular weight is 304 g/mol. The van der Waals surface area contributed by atoms with Gasteiger partial charge in [-0.25, -0.2) is 4.79 Å². The molecule has 1 saturated carbocycles. The summed E-state index contributed by atoms with van der Waals surface area (Å²) in [6.45, 7) is 9.21. The number of hydrogen-bond donors (Lipinski definition) is 3.